The summed E-state index contributed by atoms with van der Waals surface area (Å²) in [5.74, 6) is -0.912. The predicted molar refractivity (Wildman–Crippen MR) is 42.6 cm³/mol. The van der Waals surface area contributed by atoms with Crippen molar-refractivity contribution in [3.8, 4) is 0 Å². The Morgan fingerprint density at radius 1 is 1.70 bits per heavy atom. The Morgan fingerprint density at radius 3 is 2.50 bits per heavy atom. The molecule has 0 aromatic carbocycles. The van der Waals surface area contributed by atoms with Gasteiger partial charge in [0.15, 0.2) is 0 Å². The van der Waals surface area contributed by atoms with Crippen LogP contribution >= 0.6 is 12.4 Å². The molecule has 10 heavy (non-hydrogen) atoms. The lowest BCUT2D eigenvalue weighted by Gasteiger charge is -1.96. The predicted octanol–water partition coefficient (Wildman–Crippen LogP) is 0.659. The van der Waals surface area contributed by atoms with Crippen LogP contribution in [0.25, 0.3) is 0 Å². The van der Waals surface area contributed by atoms with E-state index in [9.17, 15) is 4.79 Å². The van der Waals surface area contributed by atoms with E-state index in [0.29, 0.717) is 13.0 Å². The van der Waals surface area contributed by atoms with Gasteiger partial charge in [-0.05, 0) is 20.0 Å². The second-order valence-corrected chi connectivity index (χ2v) is 1.76. The first-order valence-corrected chi connectivity index (χ1v) is 2.74. The summed E-state index contributed by atoms with van der Waals surface area (Å²) in [7, 11) is 1.77. The summed E-state index contributed by atoms with van der Waals surface area (Å²) >= 11 is 0. The molecule has 0 aliphatic carbocycles. The lowest BCUT2D eigenvalue weighted by atomic mass is 10.2. The average molecular weight is 166 g/mol. The third kappa shape index (κ3) is 5.59. The minimum atomic E-state index is -0.912. The van der Waals surface area contributed by atoms with Gasteiger partial charge in [-0.25, -0.2) is 4.79 Å². The van der Waals surface area contributed by atoms with E-state index in [1.165, 1.54) is 0 Å². The van der Waals surface area contributed by atoms with Crippen LogP contribution in [0, 0.1) is 0 Å². The van der Waals surface area contributed by atoms with E-state index in [1.807, 2.05) is 0 Å². The number of carbonyl (C=O) groups is 1. The summed E-state index contributed by atoms with van der Waals surface area (Å²) in [4.78, 5) is 10.1. The molecule has 60 valence electrons. The molecule has 0 rings (SSSR count). The first-order valence-electron chi connectivity index (χ1n) is 2.74. The van der Waals surface area contributed by atoms with Crippen LogP contribution < -0.4 is 5.32 Å². The van der Waals surface area contributed by atoms with Crippen LogP contribution in [0.15, 0.2) is 12.2 Å². The third-order valence-corrected chi connectivity index (χ3v) is 0.979. The van der Waals surface area contributed by atoms with Crippen molar-refractivity contribution < 1.29 is 9.90 Å². The van der Waals surface area contributed by atoms with E-state index in [2.05, 4.69) is 11.9 Å². The molecule has 0 heterocycles. The maximum Gasteiger partial charge on any atom is 0.330 e. The van der Waals surface area contributed by atoms with E-state index in [4.69, 9.17) is 5.11 Å². The number of halogens is 1. The number of aliphatic carboxylic acids is 1. The fraction of sp³-hybridized carbons (Fsp3) is 0.500. The third-order valence-electron chi connectivity index (χ3n) is 0.979. The minimum Gasteiger partial charge on any atom is -0.478 e. The van der Waals surface area contributed by atoms with Gasteiger partial charge in [0, 0.05) is 5.57 Å². The molecular weight excluding hydrogens is 154 g/mol. The zero-order valence-corrected chi connectivity index (χ0v) is 6.70. The molecule has 0 atom stereocenters. The molecule has 0 aromatic heterocycles. The minimum absolute atomic E-state index is 0. The Morgan fingerprint density at radius 2 is 2.20 bits per heavy atom. The fourth-order valence-electron chi connectivity index (χ4n) is 0.383. The smallest absolute Gasteiger partial charge is 0.330 e. The highest BCUT2D eigenvalue weighted by Gasteiger charge is 2.00. The zero-order valence-electron chi connectivity index (χ0n) is 5.89. The average Bonchev–Trinajstić information content (AvgIpc) is 1.82. The number of carboxylic acid groups (broad SMARTS) is 1. The topological polar surface area (TPSA) is 49.3 Å². The molecule has 0 saturated heterocycles. The van der Waals surface area contributed by atoms with Crippen molar-refractivity contribution in [2.45, 2.75) is 6.42 Å². The Hall–Kier alpha value is -0.540. The number of rotatable bonds is 4. The van der Waals surface area contributed by atoms with Gasteiger partial charge >= 0.3 is 5.97 Å². The molecule has 0 aliphatic rings. The largest absolute Gasteiger partial charge is 0.478 e. The van der Waals surface area contributed by atoms with E-state index < -0.39 is 5.97 Å². The van der Waals surface area contributed by atoms with Gasteiger partial charge in [-0.2, -0.15) is 0 Å². The Bertz CT molecular complexity index is 125. The van der Waals surface area contributed by atoms with Crippen molar-refractivity contribution >= 4 is 18.4 Å². The van der Waals surface area contributed by atoms with Gasteiger partial charge in [-0.15, -0.1) is 12.4 Å². The highest BCUT2D eigenvalue weighted by molar-refractivity contribution is 5.85. The van der Waals surface area contributed by atoms with Gasteiger partial charge in [0.25, 0.3) is 0 Å². The Balaban J connectivity index is 0. The van der Waals surface area contributed by atoms with Crippen LogP contribution in [-0.2, 0) is 4.79 Å². The summed E-state index contributed by atoms with van der Waals surface area (Å²) in [5.41, 5.74) is 0.254. The lowest BCUT2D eigenvalue weighted by molar-refractivity contribution is -0.132. The summed E-state index contributed by atoms with van der Waals surface area (Å²) in [6, 6.07) is 0. The molecule has 0 amide bonds. The summed E-state index contributed by atoms with van der Waals surface area (Å²) in [6.45, 7) is 4.02. The number of hydrogen-bond acceptors (Lipinski definition) is 2. The molecule has 0 radical (unpaired) electrons. The van der Waals surface area contributed by atoms with E-state index in [0.717, 1.165) is 0 Å². The van der Waals surface area contributed by atoms with Crippen LogP contribution in [0.1, 0.15) is 6.42 Å². The first kappa shape index (κ1) is 12.2. The molecule has 0 spiro atoms. The molecule has 0 fully saturated rings. The second-order valence-electron chi connectivity index (χ2n) is 1.76. The quantitative estimate of drug-likeness (QED) is 0.602. The first-order chi connectivity index (χ1) is 4.18. The molecule has 0 aromatic rings. The molecule has 0 aliphatic heterocycles. The van der Waals surface area contributed by atoms with Gasteiger partial charge < -0.3 is 10.4 Å². The maximum atomic E-state index is 10.1. The zero-order chi connectivity index (χ0) is 7.28. The SMILES string of the molecule is C=C(CCNC)C(=O)O.Cl. The van der Waals surface area contributed by atoms with Crippen LogP contribution in [-0.4, -0.2) is 24.7 Å². The standard InChI is InChI=1S/C6H11NO2.ClH/c1-5(6(8)9)3-4-7-2;/h7H,1,3-4H2,2H3,(H,8,9);1H. The van der Waals surface area contributed by atoms with Gasteiger partial charge in [0.1, 0.15) is 0 Å². The Kier molecular flexibility index (Phi) is 8.00. The molecular formula is C6H12ClNO2. The number of carboxylic acids is 1. The Labute approximate surface area is 66.5 Å². The molecule has 0 unspecified atom stereocenters. The molecule has 0 bridgehead atoms. The molecule has 3 nitrogen and oxygen atoms in total. The summed E-state index contributed by atoms with van der Waals surface area (Å²) < 4.78 is 0. The van der Waals surface area contributed by atoms with Crippen molar-refractivity contribution in [2.75, 3.05) is 13.6 Å². The highest BCUT2D eigenvalue weighted by Crippen LogP contribution is 1.94. The second kappa shape index (κ2) is 6.58. The summed E-state index contributed by atoms with van der Waals surface area (Å²) in [6.07, 6.45) is 0.506. The molecule has 2 N–H and O–H groups in total. The van der Waals surface area contributed by atoms with Gasteiger partial charge in [-0.1, -0.05) is 6.58 Å². The van der Waals surface area contributed by atoms with Crippen LogP contribution in [0.5, 0.6) is 0 Å². The van der Waals surface area contributed by atoms with Gasteiger partial charge in [-0.3, -0.25) is 0 Å². The normalized spacial score (nSPS) is 8.10. The van der Waals surface area contributed by atoms with Crippen molar-refractivity contribution in [3.63, 3.8) is 0 Å². The van der Waals surface area contributed by atoms with Crippen LogP contribution in [0.2, 0.25) is 0 Å². The number of nitrogens with one attached hydrogen (secondary N) is 1. The van der Waals surface area contributed by atoms with Crippen molar-refractivity contribution in [1.82, 2.24) is 5.32 Å². The fourth-order valence-corrected chi connectivity index (χ4v) is 0.383. The van der Waals surface area contributed by atoms with Crippen LogP contribution in [0.4, 0.5) is 0 Å². The van der Waals surface area contributed by atoms with E-state index in [-0.39, 0.29) is 18.0 Å². The van der Waals surface area contributed by atoms with Crippen molar-refractivity contribution in [2.24, 2.45) is 0 Å². The monoisotopic (exact) mass is 165 g/mol. The van der Waals surface area contributed by atoms with E-state index >= 15 is 0 Å². The number of hydrogen-bond donors (Lipinski definition) is 2. The van der Waals surface area contributed by atoms with Crippen LogP contribution in [0.3, 0.4) is 0 Å². The molecule has 0 saturated carbocycles. The summed E-state index contributed by atoms with van der Waals surface area (Å²) in [5, 5.41) is 11.1. The van der Waals surface area contributed by atoms with Gasteiger partial charge in [0.05, 0.1) is 0 Å². The lowest BCUT2D eigenvalue weighted by Crippen LogP contribution is -2.11. The highest BCUT2D eigenvalue weighted by atomic mass is 35.5. The van der Waals surface area contributed by atoms with Crippen molar-refractivity contribution in [1.29, 1.82) is 0 Å². The molecule has 4 heteroatoms. The maximum absolute atomic E-state index is 10.1. The van der Waals surface area contributed by atoms with E-state index in [1.54, 1.807) is 7.05 Å². The van der Waals surface area contributed by atoms with Gasteiger partial charge in [0.2, 0.25) is 0 Å². The van der Waals surface area contributed by atoms with Crippen molar-refractivity contribution in [3.05, 3.63) is 12.2 Å².